The molecule has 1 saturated heterocycles. The molecule has 0 bridgehead atoms. The molecule has 0 atom stereocenters. The first-order valence-corrected chi connectivity index (χ1v) is 14.1. The number of sulfonamides is 1. The number of hydrogen-bond acceptors (Lipinski definition) is 6. The highest BCUT2D eigenvalue weighted by Crippen LogP contribution is 2.38. The third-order valence-electron chi connectivity index (χ3n) is 5.94. The van der Waals surface area contributed by atoms with Gasteiger partial charge in [-0.25, -0.2) is 13.2 Å². The van der Waals surface area contributed by atoms with E-state index in [1.807, 2.05) is 0 Å². The van der Waals surface area contributed by atoms with Gasteiger partial charge in [0.1, 0.15) is 5.00 Å². The zero-order valence-electron chi connectivity index (χ0n) is 18.7. The van der Waals surface area contributed by atoms with Gasteiger partial charge in [0.15, 0.2) is 5.11 Å². The number of thiophene rings is 1. The fraction of sp³-hybridized carbons (Fsp3) is 0.478. The van der Waals surface area contributed by atoms with Gasteiger partial charge in [-0.05, 0) is 87.5 Å². The normalized spacial score (nSPS) is 16.6. The molecule has 7 nitrogen and oxygen atoms in total. The molecule has 2 aliphatic rings. The van der Waals surface area contributed by atoms with Gasteiger partial charge in [0.25, 0.3) is 0 Å². The second-order valence-corrected chi connectivity index (χ2v) is 11.7. The van der Waals surface area contributed by atoms with Crippen LogP contribution in [0.15, 0.2) is 29.2 Å². The molecule has 4 rings (SSSR count). The van der Waals surface area contributed by atoms with E-state index < -0.39 is 10.0 Å². The molecule has 0 saturated carbocycles. The molecule has 2 N–H and O–H groups in total. The lowest BCUT2D eigenvalue weighted by atomic mass is 10.1. The molecule has 0 unspecified atom stereocenters. The van der Waals surface area contributed by atoms with Gasteiger partial charge in [-0.2, -0.15) is 4.31 Å². The first kappa shape index (κ1) is 24.1. The molecule has 2 aromatic rings. The fourth-order valence-corrected chi connectivity index (χ4v) is 7.39. The predicted molar refractivity (Wildman–Crippen MR) is 136 cm³/mol. The molecule has 2 heterocycles. The van der Waals surface area contributed by atoms with Crippen LogP contribution in [-0.4, -0.2) is 43.5 Å². The highest BCUT2D eigenvalue weighted by atomic mass is 32.2. The van der Waals surface area contributed by atoms with Crippen molar-refractivity contribution < 1.29 is 17.9 Å². The van der Waals surface area contributed by atoms with Gasteiger partial charge < -0.3 is 15.4 Å². The largest absolute Gasteiger partial charge is 0.462 e. The number of anilines is 2. The number of nitrogens with one attached hydrogen (secondary N) is 2. The summed E-state index contributed by atoms with van der Waals surface area (Å²) in [6.07, 6.45) is 6.97. The monoisotopic (exact) mass is 507 g/mol. The van der Waals surface area contributed by atoms with Crippen molar-refractivity contribution in [1.82, 2.24) is 4.31 Å². The van der Waals surface area contributed by atoms with Gasteiger partial charge in [0, 0.05) is 23.7 Å². The minimum atomic E-state index is -3.45. The minimum Gasteiger partial charge on any atom is -0.462 e. The summed E-state index contributed by atoms with van der Waals surface area (Å²) in [6, 6.07) is 6.59. The number of esters is 1. The van der Waals surface area contributed by atoms with Crippen molar-refractivity contribution >= 4 is 55.3 Å². The number of carbonyl (C=O) groups is 1. The van der Waals surface area contributed by atoms with Gasteiger partial charge in [-0.1, -0.05) is 6.42 Å². The van der Waals surface area contributed by atoms with Crippen molar-refractivity contribution in [3.8, 4) is 0 Å². The van der Waals surface area contributed by atoms with E-state index in [0.717, 1.165) is 50.5 Å². The molecule has 1 aliphatic heterocycles. The number of hydrogen-bond donors (Lipinski definition) is 2. The van der Waals surface area contributed by atoms with Crippen LogP contribution in [0.25, 0.3) is 0 Å². The number of aryl methyl sites for hydroxylation is 1. The Kier molecular flexibility index (Phi) is 7.68. The van der Waals surface area contributed by atoms with Crippen molar-refractivity contribution in [2.75, 3.05) is 30.3 Å². The quantitative estimate of drug-likeness (QED) is 0.330. The van der Waals surface area contributed by atoms with Gasteiger partial charge in [0.2, 0.25) is 10.0 Å². The standard InChI is InChI=1S/C23H29N3O4S3/c1-2-30-22(27)20-18-8-4-3-5-9-19(18)32-21(20)25-23(31)24-16-10-12-17(13-11-16)33(28,29)26-14-6-7-15-26/h10-13H,2-9,14-15H2,1H3,(H2,24,25,31). The third kappa shape index (κ3) is 5.40. The van der Waals surface area contributed by atoms with Crippen LogP contribution in [0.1, 0.15) is 59.8 Å². The molecule has 0 amide bonds. The SMILES string of the molecule is CCOC(=O)c1c(NC(=S)Nc2ccc(S(=O)(=O)N3CCCC3)cc2)sc2c1CCCCC2. The Morgan fingerprint density at radius 1 is 1.06 bits per heavy atom. The Labute approximate surface area is 204 Å². The number of benzene rings is 1. The van der Waals surface area contributed by atoms with Crippen molar-refractivity contribution in [2.45, 2.75) is 56.8 Å². The maximum absolute atomic E-state index is 12.7. The molecule has 10 heteroatoms. The summed E-state index contributed by atoms with van der Waals surface area (Å²) in [6.45, 7) is 3.27. The molecule has 178 valence electrons. The predicted octanol–water partition coefficient (Wildman–Crippen LogP) is 4.79. The Morgan fingerprint density at radius 2 is 1.76 bits per heavy atom. The summed E-state index contributed by atoms with van der Waals surface area (Å²) in [5.74, 6) is -0.321. The Hall–Kier alpha value is -2.01. The molecule has 1 fully saturated rings. The topological polar surface area (TPSA) is 87.7 Å². The van der Waals surface area contributed by atoms with Gasteiger partial charge in [0.05, 0.1) is 17.1 Å². The molecule has 0 spiro atoms. The van der Waals surface area contributed by atoms with E-state index >= 15 is 0 Å². The molecular formula is C23H29N3O4S3. The van der Waals surface area contributed by atoms with Crippen molar-refractivity contribution in [2.24, 2.45) is 0 Å². The van der Waals surface area contributed by atoms with Crippen molar-refractivity contribution in [3.63, 3.8) is 0 Å². The van der Waals surface area contributed by atoms with Crippen LogP contribution < -0.4 is 10.6 Å². The molecule has 1 aliphatic carbocycles. The summed E-state index contributed by atoms with van der Waals surface area (Å²) in [5, 5.41) is 7.31. The molecule has 1 aromatic carbocycles. The van der Waals surface area contributed by atoms with Crippen molar-refractivity contribution in [3.05, 3.63) is 40.3 Å². The lowest BCUT2D eigenvalue weighted by Crippen LogP contribution is -2.27. The molecule has 33 heavy (non-hydrogen) atoms. The first-order valence-electron chi connectivity index (χ1n) is 11.4. The van der Waals surface area contributed by atoms with Gasteiger partial charge >= 0.3 is 5.97 Å². The zero-order valence-corrected chi connectivity index (χ0v) is 21.1. The van der Waals surface area contributed by atoms with E-state index in [9.17, 15) is 13.2 Å². The number of nitrogens with zero attached hydrogens (tertiary/aromatic N) is 1. The second kappa shape index (κ2) is 10.5. The smallest absolute Gasteiger partial charge is 0.341 e. The Bertz CT molecular complexity index is 1120. The summed E-state index contributed by atoms with van der Waals surface area (Å²) >= 11 is 7.06. The van der Waals surface area contributed by atoms with Crippen LogP contribution in [0, 0.1) is 0 Å². The zero-order chi connectivity index (χ0) is 23.4. The van der Waals surface area contributed by atoms with E-state index in [0.29, 0.717) is 41.1 Å². The lowest BCUT2D eigenvalue weighted by Gasteiger charge is -2.16. The van der Waals surface area contributed by atoms with Crippen LogP contribution in [0.5, 0.6) is 0 Å². The summed E-state index contributed by atoms with van der Waals surface area (Å²) < 4.78 is 32.3. The summed E-state index contributed by atoms with van der Waals surface area (Å²) in [5.41, 5.74) is 2.34. The number of thiocarbonyl (C=S) groups is 1. The van der Waals surface area contributed by atoms with E-state index in [2.05, 4.69) is 10.6 Å². The average molecular weight is 508 g/mol. The number of carbonyl (C=O) groups excluding carboxylic acids is 1. The fourth-order valence-electron chi connectivity index (χ4n) is 4.30. The second-order valence-electron chi connectivity index (χ2n) is 8.20. The van der Waals surface area contributed by atoms with E-state index in [-0.39, 0.29) is 10.9 Å². The number of fused-ring (bicyclic) bond motifs is 1. The maximum Gasteiger partial charge on any atom is 0.341 e. The highest BCUT2D eigenvalue weighted by Gasteiger charge is 2.28. The van der Waals surface area contributed by atoms with E-state index in [1.54, 1.807) is 42.5 Å². The maximum atomic E-state index is 12.7. The number of rotatable bonds is 6. The van der Waals surface area contributed by atoms with E-state index in [4.69, 9.17) is 17.0 Å². The van der Waals surface area contributed by atoms with Crippen LogP contribution in [-0.2, 0) is 27.6 Å². The first-order chi connectivity index (χ1) is 15.9. The van der Waals surface area contributed by atoms with Crippen LogP contribution in [0.3, 0.4) is 0 Å². The molecule has 1 aromatic heterocycles. The summed E-state index contributed by atoms with van der Waals surface area (Å²) in [7, 11) is -3.45. The van der Waals surface area contributed by atoms with Crippen LogP contribution in [0.4, 0.5) is 10.7 Å². The lowest BCUT2D eigenvalue weighted by molar-refractivity contribution is 0.0527. The van der Waals surface area contributed by atoms with Crippen molar-refractivity contribution in [1.29, 1.82) is 0 Å². The van der Waals surface area contributed by atoms with Crippen LogP contribution in [0.2, 0.25) is 0 Å². The van der Waals surface area contributed by atoms with Gasteiger partial charge in [-0.3, -0.25) is 0 Å². The minimum absolute atomic E-state index is 0.278. The van der Waals surface area contributed by atoms with Crippen LogP contribution >= 0.6 is 23.6 Å². The van der Waals surface area contributed by atoms with E-state index in [1.165, 1.54) is 9.18 Å². The Balaban J connectivity index is 1.48. The summed E-state index contributed by atoms with van der Waals surface area (Å²) in [4.78, 5) is 14.2. The highest BCUT2D eigenvalue weighted by molar-refractivity contribution is 7.89. The Morgan fingerprint density at radius 3 is 2.45 bits per heavy atom. The average Bonchev–Trinajstić information content (AvgIpc) is 3.38. The molecular weight excluding hydrogens is 478 g/mol. The molecule has 0 radical (unpaired) electrons. The van der Waals surface area contributed by atoms with Gasteiger partial charge in [-0.15, -0.1) is 11.3 Å². The number of ether oxygens (including phenoxy) is 1. The third-order valence-corrected chi connectivity index (χ3v) is 9.27.